The van der Waals surface area contributed by atoms with Crippen LogP contribution < -0.4 is 10.5 Å². The summed E-state index contributed by atoms with van der Waals surface area (Å²) in [5.74, 6) is -0.0873. The van der Waals surface area contributed by atoms with Crippen molar-refractivity contribution in [3.8, 4) is 0 Å². The number of anilines is 1. The van der Waals surface area contributed by atoms with Crippen LogP contribution in [-0.2, 0) is 0 Å². The molecule has 3 heterocycles. The van der Waals surface area contributed by atoms with E-state index in [2.05, 4.69) is 48.0 Å². The van der Waals surface area contributed by atoms with Crippen LogP contribution in [0.1, 0.15) is 22.8 Å². The molecule has 0 unspecified atom stereocenters. The molecule has 0 saturated carbocycles. The van der Waals surface area contributed by atoms with Crippen LogP contribution in [0.2, 0.25) is 0 Å². The SMILES string of the molecule is Cc1ccc(N2CCN(C(=O)c3cccn4c(=O)c5ccccc5nc34)C[C@H]2C)cc1. The van der Waals surface area contributed by atoms with E-state index in [9.17, 15) is 9.59 Å². The summed E-state index contributed by atoms with van der Waals surface area (Å²) in [6.45, 7) is 6.22. The number of nitrogens with zero attached hydrogens (tertiary/aromatic N) is 4. The number of aromatic nitrogens is 2. The van der Waals surface area contributed by atoms with Crippen molar-refractivity contribution in [2.24, 2.45) is 0 Å². The van der Waals surface area contributed by atoms with E-state index in [1.165, 1.54) is 15.7 Å². The van der Waals surface area contributed by atoms with Gasteiger partial charge < -0.3 is 9.80 Å². The van der Waals surface area contributed by atoms with Gasteiger partial charge >= 0.3 is 0 Å². The van der Waals surface area contributed by atoms with E-state index in [0.717, 1.165) is 6.54 Å². The first kappa shape index (κ1) is 19.3. The van der Waals surface area contributed by atoms with Crippen molar-refractivity contribution in [1.82, 2.24) is 14.3 Å². The lowest BCUT2D eigenvalue weighted by molar-refractivity contribution is 0.0727. The summed E-state index contributed by atoms with van der Waals surface area (Å²) in [7, 11) is 0. The molecular formula is C25H24N4O2. The highest BCUT2D eigenvalue weighted by molar-refractivity contribution is 6.00. The van der Waals surface area contributed by atoms with E-state index in [-0.39, 0.29) is 17.5 Å². The number of amides is 1. The fourth-order valence-electron chi connectivity index (χ4n) is 4.37. The van der Waals surface area contributed by atoms with Crippen LogP contribution >= 0.6 is 0 Å². The van der Waals surface area contributed by atoms with E-state index in [0.29, 0.717) is 35.2 Å². The Kier molecular flexibility index (Phi) is 4.70. The zero-order valence-corrected chi connectivity index (χ0v) is 17.7. The normalized spacial score (nSPS) is 16.8. The molecular weight excluding hydrogens is 388 g/mol. The number of benzene rings is 2. The lowest BCUT2D eigenvalue weighted by Crippen LogP contribution is -2.53. The van der Waals surface area contributed by atoms with E-state index in [1.54, 1.807) is 30.5 Å². The van der Waals surface area contributed by atoms with Gasteiger partial charge in [-0.3, -0.25) is 14.0 Å². The number of hydrogen-bond donors (Lipinski definition) is 0. The molecule has 0 radical (unpaired) electrons. The first-order chi connectivity index (χ1) is 15.0. The average molecular weight is 412 g/mol. The van der Waals surface area contributed by atoms with Gasteiger partial charge in [-0.2, -0.15) is 0 Å². The first-order valence-corrected chi connectivity index (χ1v) is 10.6. The molecule has 4 aromatic rings. The molecule has 1 aliphatic heterocycles. The average Bonchev–Trinajstić information content (AvgIpc) is 2.79. The zero-order valence-electron chi connectivity index (χ0n) is 17.7. The number of fused-ring (bicyclic) bond motifs is 2. The van der Waals surface area contributed by atoms with E-state index >= 15 is 0 Å². The summed E-state index contributed by atoms with van der Waals surface area (Å²) < 4.78 is 1.47. The van der Waals surface area contributed by atoms with Crippen LogP contribution in [0.15, 0.2) is 71.7 Å². The minimum atomic E-state index is -0.159. The van der Waals surface area contributed by atoms with E-state index in [1.807, 2.05) is 17.0 Å². The molecule has 5 rings (SSSR count). The van der Waals surface area contributed by atoms with Gasteiger partial charge in [0.05, 0.1) is 16.5 Å². The van der Waals surface area contributed by atoms with Gasteiger partial charge in [-0.05, 0) is 50.2 Å². The van der Waals surface area contributed by atoms with E-state index < -0.39 is 0 Å². The summed E-state index contributed by atoms with van der Waals surface area (Å²) in [4.78, 5) is 35.2. The van der Waals surface area contributed by atoms with Crippen molar-refractivity contribution < 1.29 is 4.79 Å². The highest BCUT2D eigenvalue weighted by Crippen LogP contribution is 2.23. The molecule has 0 spiro atoms. The fourth-order valence-corrected chi connectivity index (χ4v) is 4.37. The van der Waals surface area contributed by atoms with Crippen LogP contribution in [0.4, 0.5) is 5.69 Å². The molecule has 0 bridgehead atoms. The molecule has 1 saturated heterocycles. The Morgan fingerprint density at radius 2 is 1.77 bits per heavy atom. The largest absolute Gasteiger partial charge is 0.365 e. The molecule has 156 valence electrons. The molecule has 1 aliphatic rings. The van der Waals surface area contributed by atoms with Crippen molar-refractivity contribution in [3.63, 3.8) is 0 Å². The summed E-state index contributed by atoms with van der Waals surface area (Å²) in [6, 6.07) is 19.4. The number of carbonyl (C=O) groups is 1. The Morgan fingerprint density at radius 1 is 1.00 bits per heavy atom. The predicted octanol–water partition coefficient (Wildman–Crippen LogP) is 3.51. The van der Waals surface area contributed by atoms with Crippen LogP contribution in [-0.4, -0.2) is 45.9 Å². The molecule has 31 heavy (non-hydrogen) atoms. The second-order valence-electron chi connectivity index (χ2n) is 8.18. The third kappa shape index (κ3) is 3.34. The van der Waals surface area contributed by atoms with Crippen LogP contribution in [0, 0.1) is 6.92 Å². The standard InChI is InChI=1S/C25H24N4O2/c1-17-9-11-19(12-10-17)28-15-14-27(16-18(28)2)24(30)21-7-5-13-29-23(21)26-22-8-4-3-6-20(22)25(29)31/h3-13,18H,14-16H2,1-2H3/t18-/m1/s1. The van der Waals surface area contributed by atoms with Crippen molar-refractivity contribution >= 4 is 28.1 Å². The summed E-state index contributed by atoms with van der Waals surface area (Å²) in [5.41, 5.74) is 3.72. The molecule has 1 atom stereocenters. The molecule has 1 amide bonds. The van der Waals surface area contributed by atoms with Crippen molar-refractivity contribution in [3.05, 3.63) is 88.3 Å². The molecule has 0 N–H and O–H groups in total. The Labute approximate surface area is 180 Å². The maximum atomic E-state index is 13.4. The van der Waals surface area contributed by atoms with Crippen LogP contribution in [0.5, 0.6) is 0 Å². The maximum absolute atomic E-state index is 13.4. The lowest BCUT2D eigenvalue weighted by Gasteiger charge is -2.41. The number of hydrogen-bond acceptors (Lipinski definition) is 4. The number of piperazine rings is 1. The van der Waals surface area contributed by atoms with Gasteiger partial charge in [0.2, 0.25) is 0 Å². The summed E-state index contributed by atoms with van der Waals surface area (Å²) in [5, 5.41) is 0.546. The second-order valence-corrected chi connectivity index (χ2v) is 8.18. The maximum Gasteiger partial charge on any atom is 0.265 e. The first-order valence-electron chi connectivity index (χ1n) is 10.6. The van der Waals surface area contributed by atoms with Gasteiger partial charge in [-0.25, -0.2) is 4.98 Å². The monoisotopic (exact) mass is 412 g/mol. The molecule has 6 nitrogen and oxygen atoms in total. The van der Waals surface area contributed by atoms with Crippen molar-refractivity contribution in [2.45, 2.75) is 19.9 Å². The molecule has 6 heteroatoms. The smallest absolute Gasteiger partial charge is 0.265 e. The van der Waals surface area contributed by atoms with E-state index in [4.69, 9.17) is 0 Å². The summed E-state index contributed by atoms with van der Waals surface area (Å²) in [6.07, 6.45) is 1.67. The van der Waals surface area contributed by atoms with Crippen molar-refractivity contribution in [2.75, 3.05) is 24.5 Å². The number of rotatable bonds is 2. The Hall–Kier alpha value is -3.67. The van der Waals surface area contributed by atoms with Gasteiger partial charge in [0.15, 0.2) is 5.65 Å². The van der Waals surface area contributed by atoms with Crippen LogP contribution in [0.3, 0.4) is 0 Å². The molecule has 1 fully saturated rings. The minimum Gasteiger partial charge on any atom is -0.365 e. The highest BCUT2D eigenvalue weighted by atomic mass is 16.2. The third-order valence-electron chi connectivity index (χ3n) is 6.06. The predicted molar refractivity (Wildman–Crippen MR) is 123 cm³/mol. The number of carbonyl (C=O) groups excluding carboxylic acids is 1. The third-order valence-corrected chi connectivity index (χ3v) is 6.06. The number of para-hydroxylation sites is 1. The number of pyridine rings is 1. The Balaban J connectivity index is 1.47. The number of aryl methyl sites for hydroxylation is 1. The highest BCUT2D eigenvalue weighted by Gasteiger charge is 2.28. The van der Waals surface area contributed by atoms with Gasteiger partial charge in [0.1, 0.15) is 0 Å². The summed E-state index contributed by atoms with van der Waals surface area (Å²) >= 11 is 0. The minimum absolute atomic E-state index is 0.0873. The lowest BCUT2D eigenvalue weighted by atomic mass is 10.1. The fraction of sp³-hybridized carbons (Fsp3) is 0.240. The zero-order chi connectivity index (χ0) is 21.5. The quantitative estimate of drug-likeness (QED) is 0.473. The van der Waals surface area contributed by atoms with Gasteiger partial charge in [0, 0.05) is 37.6 Å². The molecule has 2 aromatic carbocycles. The van der Waals surface area contributed by atoms with Gasteiger partial charge in [0.25, 0.3) is 11.5 Å². The van der Waals surface area contributed by atoms with Gasteiger partial charge in [-0.15, -0.1) is 0 Å². The van der Waals surface area contributed by atoms with Gasteiger partial charge in [-0.1, -0.05) is 29.8 Å². The van der Waals surface area contributed by atoms with Crippen LogP contribution in [0.25, 0.3) is 16.6 Å². The Bertz CT molecular complexity index is 1340. The molecule has 2 aromatic heterocycles. The topological polar surface area (TPSA) is 57.9 Å². The van der Waals surface area contributed by atoms with Crippen molar-refractivity contribution in [1.29, 1.82) is 0 Å². The Morgan fingerprint density at radius 3 is 2.55 bits per heavy atom. The second kappa shape index (κ2) is 7.54. The molecule has 0 aliphatic carbocycles.